The molecule has 4 rings (SSSR count). The standard InChI is InChI=1S/C22H24N4O3/c1-27-17-8-9-20(28-2)19(14-17)23-21-15-18(16-6-4-3-5-7-16)24-22(25-21)26-10-12-29-13-11-26/h3-9,14-15H,10-13H2,1-2H3,(H,23,24,25). The number of hydrogen-bond donors (Lipinski definition) is 1. The van der Waals surface area contributed by atoms with Gasteiger partial charge in [-0.1, -0.05) is 30.3 Å². The largest absolute Gasteiger partial charge is 0.497 e. The molecular weight excluding hydrogens is 368 g/mol. The summed E-state index contributed by atoms with van der Waals surface area (Å²) in [6.07, 6.45) is 0. The Morgan fingerprint density at radius 3 is 2.45 bits per heavy atom. The number of benzene rings is 2. The smallest absolute Gasteiger partial charge is 0.228 e. The van der Waals surface area contributed by atoms with Crippen LogP contribution in [-0.4, -0.2) is 50.5 Å². The predicted octanol–water partition coefficient (Wildman–Crippen LogP) is 3.74. The Morgan fingerprint density at radius 1 is 0.931 bits per heavy atom. The van der Waals surface area contributed by atoms with E-state index in [2.05, 4.69) is 10.2 Å². The van der Waals surface area contributed by atoms with E-state index in [1.807, 2.05) is 54.6 Å². The molecule has 7 heteroatoms. The summed E-state index contributed by atoms with van der Waals surface area (Å²) in [7, 11) is 3.28. The molecule has 1 fully saturated rings. The molecular formula is C22H24N4O3. The van der Waals surface area contributed by atoms with E-state index in [1.165, 1.54) is 0 Å². The Balaban J connectivity index is 1.74. The highest BCUT2D eigenvalue weighted by Gasteiger charge is 2.17. The molecule has 0 radical (unpaired) electrons. The maximum atomic E-state index is 5.49. The van der Waals surface area contributed by atoms with Gasteiger partial charge in [-0.3, -0.25) is 0 Å². The van der Waals surface area contributed by atoms with E-state index in [4.69, 9.17) is 24.2 Å². The van der Waals surface area contributed by atoms with Crippen LogP contribution in [0, 0.1) is 0 Å². The summed E-state index contributed by atoms with van der Waals surface area (Å²) in [5.74, 6) is 2.81. The van der Waals surface area contributed by atoms with Gasteiger partial charge >= 0.3 is 0 Å². The maximum absolute atomic E-state index is 5.49. The second kappa shape index (κ2) is 8.79. The monoisotopic (exact) mass is 392 g/mol. The van der Waals surface area contributed by atoms with E-state index in [0.29, 0.717) is 30.7 Å². The van der Waals surface area contributed by atoms with Gasteiger partial charge in [-0.25, -0.2) is 4.98 Å². The van der Waals surface area contributed by atoms with Gasteiger partial charge in [-0.2, -0.15) is 4.98 Å². The zero-order chi connectivity index (χ0) is 20.1. The third-order valence-electron chi connectivity index (χ3n) is 4.75. The van der Waals surface area contributed by atoms with Crippen molar-refractivity contribution < 1.29 is 14.2 Å². The van der Waals surface area contributed by atoms with Crippen LogP contribution in [0.25, 0.3) is 11.3 Å². The van der Waals surface area contributed by atoms with Gasteiger partial charge in [0.05, 0.1) is 38.8 Å². The second-order valence-electron chi connectivity index (χ2n) is 6.60. The fourth-order valence-corrected chi connectivity index (χ4v) is 3.21. The van der Waals surface area contributed by atoms with Crippen LogP contribution in [0.3, 0.4) is 0 Å². The first-order chi connectivity index (χ1) is 14.3. The summed E-state index contributed by atoms with van der Waals surface area (Å²) < 4.78 is 16.3. The zero-order valence-corrected chi connectivity index (χ0v) is 16.6. The van der Waals surface area contributed by atoms with Crippen molar-refractivity contribution in [2.75, 3.05) is 50.7 Å². The minimum absolute atomic E-state index is 0.672. The molecule has 1 aliphatic heterocycles. The fourth-order valence-electron chi connectivity index (χ4n) is 3.21. The summed E-state index contributed by atoms with van der Waals surface area (Å²) >= 11 is 0. The van der Waals surface area contributed by atoms with E-state index in [1.54, 1.807) is 14.2 Å². The Morgan fingerprint density at radius 2 is 1.72 bits per heavy atom. The molecule has 3 aromatic rings. The Labute approximate surface area is 170 Å². The molecule has 1 aliphatic rings. The van der Waals surface area contributed by atoms with Gasteiger partial charge in [-0.15, -0.1) is 0 Å². The van der Waals surface area contributed by atoms with Crippen molar-refractivity contribution in [2.45, 2.75) is 0 Å². The van der Waals surface area contributed by atoms with Crippen molar-refractivity contribution in [1.29, 1.82) is 0 Å². The Hall–Kier alpha value is -3.32. The summed E-state index contributed by atoms with van der Waals surface area (Å²) in [5.41, 5.74) is 2.66. The number of nitrogens with one attached hydrogen (secondary N) is 1. The van der Waals surface area contributed by atoms with Crippen LogP contribution in [0.2, 0.25) is 0 Å². The first-order valence-corrected chi connectivity index (χ1v) is 9.53. The van der Waals surface area contributed by atoms with Gasteiger partial charge < -0.3 is 24.4 Å². The molecule has 2 aromatic carbocycles. The normalized spacial score (nSPS) is 13.8. The molecule has 0 saturated carbocycles. The highest BCUT2D eigenvalue weighted by atomic mass is 16.5. The molecule has 0 spiro atoms. The van der Waals surface area contributed by atoms with Gasteiger partial charge in [0.15, 0.2) is 0 Å². The third-order valence-corrected chi connectivity index (χ3v) is 4.75. The van der Waals surface area contributed by atoms with Gasteiger partial charge in [0.25, 0.3) is 0 Å². The molecule has 1 saturated heterocycles. The zero-order valence-electron chi connectivity index (χ0n) is 16.6. The molecule has 7 nitrogen and oxygen atoms in total. The maximum Gasteiger partial charge on any atom is 0.228 e. The topological polar surface area (TPSA) is 68.7 Å². The number of methoxy groups -OCH3 is 2. The van der Waals surface area contributed by atoms with E-state index in [0.717, 1.165) is 35.8 Å². The van der Waals surface area contributed by atoms with Gasteiger partial charge in [0.2, 0.25) is 5.95 Å². The number of rotatable bonds is 6. The van der Waals surface area contributed by atoms with E-state index >= 15 is 0 Å². The molecule has 0 amide bonds. The predicted molar refractivity (Wildman–Crippen MR) is 113 cm³/mol. The lowest BCUT2D eigenvalue weighted by Gasteiger charge is -2.27. The Bertz CT molecular complexity index is 960. The molecule has 0 atom stereocenters. The quantitative estimate of drug-likeness (QED) is 0.685. The van der Waals surface area contributed by atoms with Crippen molar-refractivity contribution in [3.63, 3.8) is 0 Å². The lowest BCUT2D eigenvalue weighted by molar-refractivity contribution is 0.122. The minimum Gasteiger partial charge on any atom is -0.497 e. The minimum atomic E-state index is 0.672. The number of anilines is 3. The van der Waals surface area contributed by atoms with Gasteiger partial charge in [-0.05, 0) is 12.1 Å². The number of nitrogens with zero attached hydrogens (tertiary/aromatic N) is 3. The van der Waals surface area contributed by atoms with Crippen LogP contribution >= 0.6 is 0 Å². The Kier molecular flexibility index (Phi) is 5.76. The average molecular weight is 392 g/mol. The van der Waals surface area contributed by atoms with E-state index < -0.39 is 0 Å². The van der Waals surface area contributed by atoms with Crippen molar-refractivity contribution in [3.8, 4) is 22.8 Å². The fraction of sp³-hybridized carbons (Fsp3) is 0.273. The summed E-state index contributed by atoms with van der Waals surface area (Å²) in [6.45, 7) is 2.87. The van der Waals surface area contributed by atoms with Gasteiger partial charge in [0, 0.05) is 30.8 Å². The van der Waals surface area contributed by atoms with Crippen molar-refractivity contribution in [2.24, 2.45) is 0 Å². The first kappa shape index (κ1) is 19.0. The summed E-state index contributed by atoms with van der Waals surface area (Å²) in [5, 5.41) is 3.37. The lowest BCUT2D eigenvalue weighted by atomic mass is 10.1. The number of ether oxygens (including phenoxy) is 3. The van der Waals surface area contributed by atoms with E-state index in [9.17, 15) is 0 Å². The average Bonchev–Trinajstić information content (AvgIpc) is 2.80. The van der Waals surface area contributed by atoms with Crippen LogP contribution in [0.15, 0.2) is 54.6 Å². The molecule has 0 bridgehead atoms. The highest BCUT2D eigenvalue weighted by Crippen LogP contribution is 2.32. The number of hydrogen-bond acceptors (Lipinski definition) is 7. The van der Waals surface area contributed by atoms with Crippen LogP contribution in [0.5, 0.6) is 11.5 Å². The molecule has 1 N–H and O–H groups in total. The first-order valence-electron chi connectivity index (χ1n) is 9.53. The van der Waals surface area contributed by atoms with Crippen LogP contribution in [-0.2, 0) is 4.74 Å². The third kappa shape index (κ3) is 4.41. The molecule has 150 valence electrons. The van der Waals surface area contributed by atoms with Crippen LogP contribution in [0.1, 0.15) is 0 Å². The molecule has 0 aliphatic carbocycles. The molecule has 0 unspecified atom stereocenters. The lowest BCUT2D eigenvalue weighted by Crippen LogP contribution is -2.37. The number of aromatic nitrogens is 2. The van der Waals surface area contributed by atoms with E-state index in [-0.39, 0.29) is 0 Å². The van der Waals surface area contributed by atoms with Gasteiger partial charge in [0.1, 0.15) is 17.3 Å². The van der Waals surface area contributed by atoms with Crippen LogP contribution in [0.4, 0.5) is 17.5 Å². The van der Waals surface area contributed by atoms with Crippen molar-refractivity contribution >= 4 is 17.5 Å². The SMILES string of the molecule is COc1ccc(OC)c(Nc2cc(-c3ccccc3)nc(N3CCOCC3)n2)c1. The number of morpholine rings is 1. The summed E-state index contributed by atoms with van der Waals surface area (Å²) in [4.78, 5) is 11.7. The van der Waals surface area contributed by atoms with Crippen molar-refractivity contribution in [3.05, 3.63) is 54.6 Å². The summed E-state index contributed by atoms with van der Waals surface area (Å²) in [6, 6.07) is 17.6. The van der Waals surface area contributed by atoms with Crippen molar-refractivity contribution in [1.82, 2.24) is 9.97 Å². The molecule has 1 aromatic heterocycles. The highest BCUT2D eigenvalue weighted by molar-refractivity contribution is 5.71. The molecule has 2 heterocycles. The van der Waals surface area contributed by atoms with Crippen LogP contribution < -0.4 is 19.7 Å². The molecule has 29 heavy (non-hydrogen) atoms. The second-order valence-corrected chi connectivity index (χ2v) is 6.60.